The number of rotatable bonds is 5. The van der Waals surface area contributed by atoms with Gasteiger partial charge >= 0.3 is 0 Å². The minimum Gasteiger partial charge on any atom is -0.490 e. The molecule has 0 amide bonds. The van der Waals surface area contributed by atoms with Crippen molar-refractivity contribution >= 4 is 33.2 Å². The van der Waals surface area contributed by atoms with Gasteiger partial charge in [-0.2, -0.15) is 0 Å². The molecule has 0 saturated heterocycles. The Kier molecular flexibility index (Phi) is 5.22. The van der Waals surface area contributed by atoms with Crippen molar-refractivity contribution in [2.75, 3.05) is 26.1 Å². The molecule has 1 rings (SSSR count). The number of nitrogens with two attached hydrogens (primary N) is 1. The Hall–Kier alpha value is -0.450. The van der Waals surface area contributed by atoms with Gasteiger partial charge in [0.25, 0.3) is 0 Å². The average molecular weight is 295 g/mol. The van der Waals surface area contributed by atoms with Crippen LogP contribution in [0.5, 0.6) is 5.75 Å². The fraction of sp³-hybridized carbons (Fsp3) is 0.400. The predicted molar refractivity (Wildman–Crippen MR) is 65.6 cm³/mol. The van der Waals surface area contributed by atoms with E-state index in [-0.39, 0.29) is 0 Å². The van der Waals surface area contributed by atoms with E-state index in [9.17, 15) is 0 Å². The molecule has 0 aliphatic heterocycles. The summed E-state index contributed by atoms with van der Waals surface area (Å²) in [5.74, 6) is 0.635. The van der Waals surface area contributed by atoms with Crippen molar-refractivity contribution < 1.29 is 9.47 Å². The second-order valence-corrected chi connectivity index (χ2v) is 4.29. The Balaban J connectivity index is 2.60. The molecule has 0 fully saturated rings. The Morgan fingerprint density at radius 1 is 1.40 bits per heavy atom. The zero-order valence-electron chi connectivity index (χ0n) is 8.43. The molecule has 0 radical (unpaired) electrons. The molecule has 0 spiro atoms. The van der Waals surface area contributed by atoms with E-state index in [1.165, 1.54) is 0 Å². The highest BCUT2D eigenvalue weighted by atomic mass is 79.9. The van der Waals surface area contributed by atoms with Gasteiger partial charge in [0, 0.05) is 25.2 Å². The van der Waals surface area contributed by atoms with Crippen molar-refractivity contribution in [1.82, 2.24) is 0 Å². The standard InChI is InChI=1S/C10H13BrClNO2/c1-14-3-2-4-15-10-8(11)5-7(12)6-9(10)13/h5-6H,2-4,13H2,1H3. The highest BCUT2D eigenvalue weighted by Crippen LogP contribution is 2.34. The van der Waals surface area contributed by atoms with Gasteiger partial charge in [-0.1, -0.05) is 11.6 Å². The van der Waals surface area contributed by atoms with Crippen molar-refractivity contribution in [3.05, 3.63) is 21.6 Å². The minimum absolute atomic E-state index is 0.534. The molecular formula is C10H13BrClNO2. The van der Waals surface area contributed by atoms with Crippen molar-refractivity contribution in [2.24, 2.45) is 0 Å². The maximum absolute atomic E-state index is 5.82. The number of ether oxygens (including phenoxy) is 2. The number of benzene rings is 1. The third kappa shape index (κ3) is 3.89. The van der Waals surface area contributed by atoms with Crippen LogP contribution in [0.15, 0.2) is 16.6 Å². The van der Waals surface area contributed by atoms with Crippen LogP contribution in [0.3, 0.4) is 0 Å². The van der Waals surface area contributed by atoms with Gasteiger partial charge in [0.05, 0.1) is 16.8 Å². The molecule has 5 heteroatoms. The summed E-state index contributed by atoms with van der Waals surface area (Å²) in [7, 11) is 1.66. The zero-order valence-corrected chi connectivity index (χ0v) is 10.8. The summed E-state index contributed by atoms with van der Waals surface area (Å²) < 4.78 is 11.2. The monoisotopic (exact) mass is 293 g/mol. The van der Waals surface area contributed by atoms with Crippen LogP contribution < -0.4 is 10.5 Å². The van der Waals surface area contributed by atoms with Crippen LogP contribution in [-0.2, 0) is 4.74 Å². The molecule has 1 aromatic carbocycles. The van der Waals surface area contributed by atoms with Crippen molar-refractivity contribution in [1.29, 1.82) is 0 Å². The molecule has 0 saturated carbocycles. The first kappa shape index (κ1) is 12.6. The fourth-order valence-electron chi connectivity index (χ4n) is 1.11. The van der Waals surface area contributed by atoms with Gasteiger partial charge in [-0.25, -0.2) is 0 Å². The zero-order chi connectivity index (χ0) is 11.3. The van der Waals surface area contributed by atoms with Crippen LogP contribution >= 0.6 is 27.5 Å². The van der Waals surface area contributed by atoms with Gasteiger partial charge in [0.15, 0.2) is 5.75 Å². The molecule has 84 valence electrons. The second kappa shape index (κ2) is 6.20. The van der Waals surface area contributed by atoms with Crippen LogP contribution in [-0.4, -0.2) is 20.3 Å². The summed E-state index contributed by atoms with van der Waals surface area (Å²) >= 11 is 9.17. The summed E-state index contributed by atoms with van der Waals surface area (Å²) in [4.78, 5) is 0. The van der Waals surface area contributed by atoms with Gasteiger partial charge in [-0.3, -0.25) is 0 Å². The predicted octanol–water partition coefficient (Wildman–Crippen LogP) is 3.10. The summed E-state index contributed by atoms with van der Waals surface area (Å²) in [6, 6.07) is 3.42. The topological polar surface area (TPSA) is 44.5 Å². The van der Waals surface area contributed by atoms with Gasteiger partial charge < -0.3 is 15.2 Å². The SMILES string of the molecule is COCCCOc1c(N)cc(Cl)cc1Br. The maximum Gasteiger partial charge on any atom is 0.156 e. The lowest BCUT2D eigenvalue weighted by Crippen LogP contribution is -2.03. The van der Waals surface area contributed by atoms with E-state index in [1.54, 1.807) is 19.2 Å². The maximum atomic E-state index is 5.82. The van der Waals surface area contributed by atoms with E-state index in [0.29, 0.717) is 29.7 Å². The lowest BCUT2D eigenvalue weighted by atomic mass is 10.3. The largest absolute Gasteiger partial charge is 0.490 e. The molecule has 2 N–H and O–H groups in total. The first-order valence-corrected chi connectivity index (χ1v) is 5.68. The number of nitrogen functional groups attached to an aromatic ring is 1. The highest BCUT2D eigenvalue weighted by Gasteiger charge is 2.07. The Labute approximate surface area is 103 Å². The Bertz CT molecular complexity index is 310. The summed E-state index contributed by atoms with van der Waals surface area (Å²) in [6.45, 7) is 1.24. The Morgan fingerprint density at radius 3 is 2.73 bits per heavy atom. The van der Waals surface area contributed by atoms with Crippen molar-refractivity contribution in [3.63, 3.8) is 0 Å². The highest BCUT2D eigenvalue weighted by molar-refractivity contribution is 9.10. The number of methoxy groups -OCH3 is 1. The van der Waals surface area contributed by atoms with Gasteiger partial charge in [0.1, 0.15) is 0 Å². The molecule has 0 bridgehead atoms. The number of anilines is 1. The normalized spacial score (nSPS) is 10.3. The molecule has 0 aliphatic carbocycles. The lowest BCUT2D eigenvalue weighted by molar-refractivity contribution is 0.172. The summed E-state index contributed by atoms with van der Waals surface area (Å²) in [6.07, 6.45) is 0.824. The molecular weight excluding hydrogens is 281 g/mol. The molecule has 0 atom stereocenters. The van der Waals surface area contributed by atoms with Gasteiger partial charge in [0.2, 0.25) is 0 Å². The first-order chi connectivity index (χ1) is 7.15. The summed E-state index contributed by atoms with van der Waals surface area (Å²) in [5, 5.41) is 0.587. The molecule has 0 aliphatic rings. The van der Waals surface area contributed by atoms with Crippen LogP contribution in [0.25, 0.3) is 0 Å². The third-order valence-electron chi connectivity index (χ3n) is 1.78. The van der Waals surface area contributed by atoms with E-state index in [4.69, 9.17) is 26.8 Å². The Morgan fingerprint density at radius 2 is 2.13 bits per heavy atom. The van der Waals surface area contributed by atoms with Crippen molar-refractivity contribution in [2.45, 2.75) is 6.42 Å². The molecule has 0 unspecified atom stereocenters. The van der Waals surface area contributed by atoms with Crippen LogP contribution in [0.1, 0.15) is 6.42 Å². The lowest BCUT2D eigenvalue weighted by Gasteiger charge is -2.10. The van der Waals surface area contributed by atoms with Gasteiger partial charge in [-0.05, 0) is 28.1 Å². The molecule has 3 nitrogen and oxygen atoms in total. The van der Waals surface area contributed by atoms with Crippen molar-refractivity contribution in [3.8, 4) is 5.75 Å². The third-order valence-corrected chi connectivity index (χ3v) is 2.58. The number of hydrogen-bond acceptors (Lipinski definition) is 3. The van der Waals surface area contributed by atoms with E-state index in [2.05, 4.69) is 15.9 Å². The van der Waals surface area contributed by atoms with E-state index >= 15 is 0 Å². The van der Waals surface area contributed by atoms with E-state index in [1.807, 2.05) is 0 Å². The van der Waals surface area contributed by atoms with Crippen LogP contribution in [0.2, 0.25) is 5.02 Å². The van der Waals surface area contributed by atoms with E-state index in [0.717, 1.165) is 10.9 Å². The van der Waals surface area contributed by atoms with E-state index < -0.39 is 0 Å². The fourth-order valence-corrected chi connectivity index (χ4v) is 2.06. The second-order valence-electron chi connectivity index (χ2n) is 3.00. The molecule has 0 aromatic heterocycles. The quantitative estimate of drug-likeness (QED) is 0.670. The summed E-state index contributed by atoms with van der Waals surface area (Å²) in [5.41, 5.74) is 6.30. The molecule has 1 aromatic rings. The van der Waals surface area contributed by atoms with Crippen LogP contribution in [0.4, 0.5) is 5.69 Å². The number of halogens is 2. The number of hydrogen-bond donors (Lipinski definition) is 1. The minimum atomic E-state index is 0.534. The van der Waals surface area contributed by atoms with Crippen LogP contribution in [0, 0.1) is 0 Å². The van der Waals surface area contributed by atoms with Gasteiger partial charge in [-0.15, -0.1) is 0 Å². The first-order valence-electron chi connectivity index (χ1n) is 4.51. The smallest absolute Gasteiger partial charge is 0.156 e. The average Bonchev–Trinajstić information content (AvgIpc) is 2.15. The molecule has 15 heavy (non-hydrogen) atoms. The molecule has 0 heterocycles.